The van der Waals surface area contributed by atoms with Crippen molar-refractivity contribution in [1.29, 1.82) is 0 Å². The van der Waals surface area contributed by atoms with Crippen LogP contribution in [0.3, 0.4) is 0 Å². The van der Waals surface area contributed by atoms with Crippen LogP contribution in [0.4, 0.5) is 0 Å². The first kappa shape index (κ1) is 16.5. The van der Waals surface area contributed by atoms with Gasteiger partial charge in [0.1, 0.15) is 6.17 Å². The first-order valence-electron chi connectivity index (χ1n) is 7.27. The Morgan fingerprint density at radius 3 is 2.71 bits per heavy atom. The molecule has 0 aromatic carbocycles. The van der Waals surface area contributed by atoms with Gasteiger partial charge in [0.05, 0.1) is 11.8 Å². The van der Waals surface area contributed by atoms with E-state index in [4.69, 9.17) is 0 Å². The molecule has 2 heterocycles. The number of sulfone groups is 1. The first-order chi connectivity index (χ1) is 9.98. The van der Waals surface area contributed by atoms with Crippen molar-refractivity contribution in [2.45, 2.75) is 38.9 Å². The Balaban J connectivity index is 2.15. The number of nitrogens with one attached hydrogen (secondary N) is 1. The molecule has 0 bridgehead atoms. The van der Waals surface area contributed by atoms with E-state index >= 15 is 0 Å². The standard InChI is InChI=1S/C14H22N2O3S2/c1-3-5-12-14(17)16(7-9-21(18,19)4-2)13(15-12)11-6-8-20-10-11/h6,8,10,12-13,15H,3-5,7,9H2,1-2H3. The van der Waals surface area contributed by atoms with Crippen LogP contribution in [0, 0.1) is 0 Å². The zero-order valence-corrected chi connectivity index (χ0v) is 14.0. The maximum Gasteiger partial charge on any atom is 0.241 e. The SMILES string of the molecule is CCCC1NC(c2ccsc2)N(CCS(=O)(=O)CC)C1=O. The Morgan fingerprint density at radius 1 is 1.38 bits per heavy atom. The van der Waals surface area contributed by atoms with Gasteiger partial charge in [-0.2, -0.15) is 11.3 Å². The van der Waals surface area contributed by atoms with E-state index in [0.29, 0.717) is 0 Å². The van der Waals surface area contributed by atoms with E-state index in [9.17, 15) is 13.2 Å². The lowest BCUT2D eigenvalue weighted by atomic mass is 10.2. The Morgan fingerprint density at radius 2 is 2.14 bits per heavy atom. The van der Waals surface area contributed by atoms with Gasteiger partial charge in [0.25, 0.3) is 0 Å². The number of amides is 1. The van der Waals surface area contributed by atoms with Gasteiger partial charge in [-0.1, -0.05) is 20.3 Å². The van der Waals surface area contributed by atoms with E-state index in [-0.39, 0.29) is 36.2 Å². The monoisotopic (exact) mass is 330 g/mol. The van der Waals surface area contributed by atoms with Crippen molar-refractivity contribution in [3.8, 4) is 0 Å². The molecule has 0 spiro atoms. The average molecular weight is 330 g/mol. The van der Waals surface area contributed by atoms with E-state index in [1.807, 2.05) is 23.8 Å². The van der Waals surface area contributed by atoms with Crippen LogP contribution in [0.15, 0.2) is 16.8 Å². The highest BCUT2D eigenvalue weighted by atomic mass is 32.2. The van der Waals surface area contributed by atoms with Crippen LogP contribution >= 0.6 is 11.3 Å². The van der Waals surface area contributed by atoms with Crippen molar-refractivity contribution in [2.24, 2.45) is 0 Å². The van der Waals surface area contributed by atoms with Crippen molar-refractivity contribution >= 4 is 27.1 Å². The maximum absolute atomic E-state index is 12.5. The highest BCUT2D eigenvalue weighted by molar-refractivity contribution is 7.91. The van der Waals surface area contributed by atoms with Crippen molar-refractivity contribution in [3.63, 3.8) is 0 Å². The van der Waals surface area contributed by atoms with Gasteiger partial charge in [-0.05, 0) is 28.8 Å². The molecule has 5 nitrogen and oxygen atoms in total. The molecule has 1 amide bonds. The highest BCUT2D eigenvalue weighted by Crippen LogP contribution is 2.28. The molecule has 1 aromatic heterocycles. The van der Waals surface area contributed by atoms with E-state index < -0.39 is 9.84 Å². The molecule has 2 rings (SSSR count). The van der Waals surface area contributed by atoms with Gasteiger partial charge < -0.3 is 4.90 Å². The van der Waals surface area contributed by atoms with Gasteiger partial charge in [0.15, 0.2) is 9.84 Å². The molecule has 118 valence electrons. The van der Waals surface area contributed by atoms with Crippen molar-refractivity contribution in [2.75, 3.05) is 18.1 Å². The molecule has 1 aliphatic rings. The Labute approximate surface area is 130 Å². The van der Waals surface area contributed by atoms with Gasteiger partial charge in [0.2, 0.25) is 5.91 Å². The molecule has 2 atom stereocenters. The van der Waals surface area contributed by atoms with Crippen LogP contribution in [-0.2, 0) is 14.6 Å². The Kier molecular flexibility index (Phi) is 5.40. The minimum absolute atomic E-state index is 0.0133. The molecule has 1 aliphatic heterocycles. The second-order valence-electron chi connectivity index (χ2n) is 5.24. The van der Waals surface area contributed by atoms with Crippen LogP contribution < -0.4 is 5.32 Å². The molecule has 7 heteroatoms. The lowest BCUT2D eigenvalue weighted by Gasteiger charge is -2.23. The predicted molar refractivity (Wildman–Crippen MR) is 84.9 cm³/mol. The van der Waals surface area contributed by atoms with Gasteiger partial charge >= 0.3 is 0 Å². The fourth-order valence-corrected chi connectivity index (χ4v) is 3.94. The summed E-state index contributed by atoms with van der Waals surface area (Å²) in [6.07, 6.45) is 1.49. The summed E-state index contributed by atoms with van der Waals surface area (Å²) in [4.78, 5) is 14.2. The molecule has 1 saturated heterocycles. The number of thiophene rings is 1. The molecule has 1 N–H and O–H groups in total. The smallest absolute Gasteiger partial charge is 0.241 e. The van der Waals surface area contributed by atoms with E-state index in [1.54, 1.807) is 23.2 Å². The van der Waals surface area contributed by atoms with Gasteiger partial charge in [0, 0.05) is 12.3 Å². The van der Waals surface area contributed by atoms with E-state index in [1.165, 1.54) is 0 Å². The number of carbonyl (C=O) groups is 1. The molecular formula is C14H22N2O3S2. The highest BCUT2D eigenvalue weighted by Gasteiger charge is 2.39. The van der Waals surface area contributed by atoms with Crippen molar-refractivity contribution in [1.82, 2.24) is 10.2 Å². The topological polar surface area (TPSA) is 66.5 Å². The minimum atomic E-state index is -3.07. The number of nitrogens with zero attached hydrogens (tertiary/aromatic N) is 1. The molecule has 0 radical (unpaired) electrons. The zero-order valence-electron chi connectivity index (χ0n) is 12.4. The van der Waals surface area contributed by atoms with Crippen molar-refractivity contribution in [3.05, 3.63) is 22.4 Å². The average Bonchev–Trinajstić information content (AvgIpc) is 3.07. The normalized spacial score (nSPS) is 23.0. The Hall–Kier alpha value is -0.920. The lowest BCUT2D eigenvalue weighted by molar-refractivity contribution is -0.130. The lowest BCUT2D eigenvalue weighted by Crippen LogP contribution is -2.35. The summed E-state index contributed by atoms with van der Waals surface area (Å²) in [5.74, 6) is 0.153. The maximum atomic E-state index is 12.5. The van der Waals surface area contributed by atoms with Gasteiger partial charge in [-0.15, -0.1) is 0 Å². The quantitative estimate of drug-likeness (QED) is 0.827. The van der Waals surface area contributed by atoms with Gasteiger partial charge in [-0.25, -0.2) is 8.42 Å². The largest absolute Gasteiger partial charge is 0.321 e. The molecular weight excluding hydrogens is 308 g/mol. The summed E-state index contributed by atoms with van der Waals surface area (Å²) in [6, 6.07) is 1.77. The number of rotatable bonds is 7. The van der Waals surface area contributed by atoms with E-state index in [2.05, 4.69) is 5.32 Å². The minimum Gasteiger partial charge on any atom is -0.321 e. The van der Waals surface area contributed by atoms with Crippen LogP contribution in [0.1, 0.15) is 38.4 Å². The third-order valence-electron chi connectivity index (χ3n) is 3.77. The van der Waals surface area contributed by atoms with Crippen LogP contribution in [0.5, 0.6) is 0 Å². The predicted octanol–water partition coefficient (Wildman–Crippen LogP) is 1.78. The fourth-order valence-electron chi connectivity index (χ4n) is 2.50. The number of hydrogen-bond donors (Lipinski definition) is 1. The molecule has 21 heavy (non-hydrogen) atoms. The number of hydrogen-bond acceptors (Lipinski definition) is 5. The first-order valence-corrected chi connectivity index (χ1v) is 10.0. The summed E-state index contributed by atoms with van der Waals surface area (Å²) in [7, 11) is -3.07. The molecule has 0 saturated carbocycles. The van der Waals surface area contributed by atoms with Gasteiger partial charge in [-0.3, -0.25) is 10.1 Å². The summed E-state index contributed by atoms with van der Waals surface area (Å²) in [6.45, 7) is 3.93. The Bertz CT molecular complexity index is 569. The second kappa shape index (κ2) is 6.89. The summed E-state index contributed by atoms with van der Waals surface area (Å²) < 4.78 is 23.4. The third kappa shape index (κ3) is 3.84. The molecule has 1 aromatic rings. The number of carbonyl (C=O) groups excluding carboxylic acids is 1. The zero-order chi connectivity index (χ0) is 15.5. The third-order valence-corrected chi connectivity index (χ3v) is 6.16. The fraction of sp³-hybridized carbons (Fsp3) is 0.643. The van der Waals surface area contributed by atoms with Crippen molar-refractivity contribution < 1.29 is 13.2 Å². The van der Waals surface area contributed by atoms with E-state index in [0.717, 1.165) is 18.4 Å². The molecule has 0 aliphatic carbocycles. The second-order valence-corrected chi connectivity index (χ2v) is 8.49. The summed E-state index contributed by atoms with van der Waals surface area (Å²) in [5, 5.41) is 7.31. The molecule has 1 fully saturated rings. The van der Waals surface area contributed by atoms with Crippen LogP contribution in [0.2, 0.25) is 0 Å². The summed E-state index contributed by atoms with van der Waals surface area (Å²) >= 11 is 1.58. The summed E-state index contributed by atoms with van der Waals surface area (Å²) in [5.41, 5.74) is 1.03. The molecule has 2 unspecified atom stereocenters. The van der Waals surface area contributed by atoms with Crippen LogP contribution in [0.25, 0.3) is 0 Å². The van der Waals surface area contributed by atoms with Crippen LogP contribution in [-0.4, -0.2) is 43.3 Å².